The minimum Gasteiger partial charge on any atom is -0.319 e. The number of carbonyl (C=O) groups is 1. The molecule has 0 radical (unpaired) electrons. The van der Waals surface area contributed by atoms with E-state index in [9.17, 15) is 4.79 Å². The van der Waals surface area contributed by atoms with E-state index in [0.717, 1.165) is 24.8 Å². The molecule has 1 unspecified atom stereocenters. The fourth-order valence-electron chi connectivity index (χ4n) is 2.07. The zero-order chi connectivity index (χ0) is 11.8. The fraction of sp³-hybridized carbons (Fsp3) is 0.500. The molecule has 1 aromatic carbocycles. The summed E-state index contributed by atoms with van der Waals surface area (Å²) in [5, 5.41) is 0. The van der Waals surface area contributed by atoms with Crippen molar-refractivity contribution in [3.8, 4) is 0 Å². The van der Waals surface area contributed by atoms with E-state index in [1.807, 2.05) is 31.2 Å². The Bertz CT molecular complexity index is 388. The Kier molecular flexibility index (Phi) is 2.85. The van der Waals surface area contributed by atoms with E-state index < -0.39 is 5.54 Å². The standard InChI is InChI=1S/C14H19NO/c1-3-10-4-6-11(7-5-10)13(16)14(2,15)12-8-9-12/h4-7,12H,3,8-9,15H2,1-2H3. The number of hydrogen-bond donors (Lipinski definition) is 1. The van der Waals surface area contributed by atoms with Gasteiger partial charge in [0.05, 0.1) is 5.54 Å². The van der Waals surface area contributed by atoms with Crippen LogP contribution in [-0.4, -0.2) is 11.3 Å². The Morgan fingerprint density at radius 3 is 2.38 bits per heavy atom. The monoisotopic (exact) mass is 217 g/mol. The second-order valence-electron chi connectivity index (χ2n) is 4.94. The van der Waals surface area contributed by atoms with Crippen molar-refractivity contribution in [2.45, 2.75) is 38.6 Å². The predicted molar refractivity (Wildman–Crippen MR) is 65.5 cm³/mol. The molecule has 1 aromatic rings. The second kappa shape index (κ2) is 4.02. The number of Topliss-reactive ketones (excluding diaryl/α,β-unsaturated/α-hetero) is 1. The van der Waals surface area contributed by atoms with E-state index in [1.165, 1.54) is 5.56 Å². The summed E-state index contributed by atoms with van der Waals surface area (Å²) in [4.78, 5) is 12.2. The molecule has 1 aliphatic rings. The fourth-order valence-corrected chi connectivity index (χ4v) is 2.07. The summed E-state index contributed by atoms with van der Waals surface area (Å²) < 4.78 is 0. The lowest BCUT2D eigenvalue weighted by atomic mass is 9.87. The number of aryl methyl sites for hydroxylation is 1. The number of rotatable bonds is 4. The topological polar surface area (TPSA) is 43.1 Å². The molecule has 1 atom stereocenters. The molecule has 2 rings (SSSR count). The number of carbonyl (C=O) groups excluding carboxylic acids is 1. The Hall–Kier alpha value is -1.15. The molecule has 0 aromatic heterocycles. The maximum Gasteiger partial charge on any atom is 0.182 e. The van der Waals surface area contributed by atoms with Gasteiger partial charge < -0.3 is 5.73 Å². The van der Waals surface area contributed by atoms with Crippen LogP contribution in [0.25, 0.3) is 0 Å². The lowest BCUT2D eigenvalue weighted by molar-refractivity contribution is 0.0883. The first-order valence-corrected chi connectivity index (χ1v) is 5.98. The first kappa shape index (κ1) is 11.3. The quantitative estimate of drug-likeness (QED) is 0.788. The molecule has 2 N–H and O–H groups in total. The lowest BCUT2D eigenvalue weighted by Crippen LogP contribution is -2.47. The Morgan fingerprint density at radius 1 is 1.38 bits per heavy atom. The first-order valence-electron chi connectivity index (χ1n) is 5.98. The molecule has 0 heterocycles. The minimum atomic E-state index is -0.673. The first-order chi connectivity index (χ1) is 7.55. The largest absolute Gasteiger partial charge is 0.319 e. The van der Waals surface area contributed by atoms with E-state index in [-0.39, 0.29) is 5.78 Å². The highest BCUT2D eigenvalue weighted by atomic mass is 16.1. The molecular formula is C14H19NO. The molecule has 2 nitrogen and oxygen atoms in total. The smallest absolute Gasteiger partial charge is 0.182 e. The average Bonchev–Trinajstić information content (AvgIpc) is 3.12. The average molecular weight is 217 g/mol. The van der Waals surface area contributed by atoms with Gasteiger partial charge in [-0.15, -0.1) is 0 Å². The third-order valence-corrected chi connectivity index (χ3v) is 3.54. The summed E-state index contributed by atoms with van der Waals surface area (Å²) in [7, 11) is 0. The van der Waals surface area contributed by atoms with Gasteiger partial charge in [-0.2, -0.15) is 0 Å². The summed E-state index contributed by atoms with van der Waals surface area (Å²) in [5.41, 5.74) is 7.44. The van der Waals surface area contributed by atoms with Crippen LogP contribution < -0.4 is 5.73 Å². The number of benzene rings is 1. The van der Waals surface area contributed by atoms with Crippen LogP contribution in [0.5, 0.6) is 0 Å². The SMILES string of the molecule is CCc1ccc(C(=O)C(C)(N)C2CC2)cc1. The van der Waals surface area contributed by atoms with Crippen LogP contribution in [0.1, 0.15) is 42.6 Å². The van der Waals surface area contributed by atoms with Crippen LogP contribution in [0.15, 0.2) is 24.3 Å². The van der Waals surface area contributed by atoms with Gasteiger partial charge in [0.15, 0.2) is 5.78 Å². The molecule has 0 aliphatic heterocycles. The van der Waals surface area contributed by atoms with Gasteiger partial charge in [-0.3, -0.25) is 4.79 Å². The molecule has 86 valence electrons. The van der Waals surface area contributed by atoms with Gasteiger partial charge in [0.2, 0.25) is 0 Å². The van der Waals surface area contributed by atoms with Crippen molar-refractivity contribution in [3.63, 3.8) is 0 Å². The number of hydrogen-bond acceptors (Lipinski definition) is 2. The van der Waals surface area contributed by atoms with Crippen molar-refractivity contribution < 1.29 is 4.79 Å². The Balaban J connectivity index is 2.19. The van der Waals surface area contributed by atoms with Crippen LogP contribution >= 0.6 is 0 Å². The third kappa shape index (κ3) is 2.03. The summed E-state index contributed by atoms with van der Waals surface area (Å²) in [6.45, 7) is 3.97. The van der Waals surface area contributed by atoms with Crippen LogP contribution in [0, 0.1) is 5.92 Å². The van der Waals surface area contributed by atoms with Crippen molar-refractivity contribution in [2.24, 2.45) is 11.7 Å². The number of ketones is 1. The van der Waals surface area contributed by atoms with Crippen LogP contribution in [0.2, 0.25) is 0 Å². The van der Waals surface area contributed by atoms with Gasteiger partial charge in [0.25, 0.3) is 0 Å². The van der Waals surface area contributed by atoms with Crippen molar-refractivity contribution in [3.05, 3.63) is 35.4 Å². The molecule has 0 bridgehead atoms. The van der Waals surface area contributed by atoms with Gasteiger partial charge in [-0.25, -0.2) is 0 Å². The third-order valence-electron chi connectivity index (χ3n) is 3.54. The molecule has 0 saturated heterocycles. The van der Waals surface area contributed by atoms with Gasteiger partial charge >= 0.3 is 0 Å². The normalized spacial score (nSPS) is 19.2. The van der Waals surface area contributed by atoms with Gasteiger partial charge in [-0.05, 0) is 37.7 Å². The van der Waals surface area contributed by atoms with Crippen molar-refractivity contribution in [2.75, 3.05) is 0 Å². The molecule has 1 fully saturated rings. The Morgan fingerprint density at radius 2 is 1.94 bits per heavy atom. The van der Waals surface area contributed by atoms with Crippen LogP contribution in [0.4, 0.5) is 0 Å². The van der Waals surface area contributed by atoms with Crippen molar-refractivity contribution in [1.82, 2.24) is 0 Å². The highest BCUT2D eigenvalue weighted by Crippen LogP contribution is 2.39. The zero-order valence-electron chi connectivity index (χ0n) is 9.99. The van der Waals surface area contributed by atoms with Crippen molar-refractivity contribution in [1.29, 1.82) is 0 Å². The van der Waals surface area contributed by atoms with Gasteiger partial charge in [-0.1, -0.05) is 31.2 Å². The minimum absolute atomic E-state index is 0.0812. The molecule has 0 spiro atoms. The van der Waals surface area contributed by atoms with Crippen molar-refractivity contribution >= 4 is 5.78 Å². The maximum atomic E-state index is 12.2. The lowest BCUT2D eigenvalue weighted by Gasteiger charge is -2.22. The summed E-state index contributed by atoms with van der Waals surface area (Å²) in [5.74, 6) is 0.462. The zero-order valence-corrected chi connectivity index (χ0v) is 9.99. The molecular weight excluding hydrogens is 198 g/mol. The second-order valence-corrected chi connectivity index (χ2v) is 4.94. The summed E-state index contributed by atoms with van der Waals surface area (Å²) in [6, 6.07) is 7.82. The van der Waals surface area contributed by atoms with Gasteiger partial charge in [0, 0.05) is 5.56 Å². The molecule has 2 heteroatoms. The van der Waals surface area contributed by atoms with E-state index in [1.54, 1.807) is 0 Å². The van der Waals surface area contributed by atoms with E-state index in [4.69, 9.17) is 5.73 Å². The molecule has 1 saturated carbocycles. The summed E-state index contributed by atoms with van der Waals surface area (Å²) in [6.07, 6.45) is 3.18. The van der Waals surface area contributed by atoms with Crippen LogP contribution in [-0.2, 0) is 6.42 Å². The maximum absolute atomic E-state index is 12.2. The Labute approximate surface area is 96.8 Å². The van der Waals surface area contributed by atoms with E-state index >= 15 is 0 Å². The highest BCUT2D eigenvalue weighted by Gasteiger charge is 2.44. The summed E-state index contributed by atoms with van der Waals surface area (Å²) >= 11 is 0. The number of nitrogens with two attached hydrogens (primary N) is 1. The molecule has 1 aliphatic carbocycles. The highest BCUT2D eigenvalue weighted by molar-refractivity contribution is 6.03. The van der Waals surface area contributed by atoms with Gasteiger partial charge in [0.1, 0.15) is 0 Å². The van der Waals surface area contributed by atoms with E-state index in [2.05, 4.69) is 6.92 Å². The van der Waals surface area contributed by atoms with E-state index in [0.29, 0.717) is 5.92 Å². The molecule has 0 amide bonds. The molecule has 16 heavy (non-hydrogen) atoms. The predicted octanol–water partition coefficient (Wildman–Crippen LogP) is 2.56. The van der Waals surface area contributed by atoms with Crippen LogP contribution in [0.3, 0.4) is 0 Å².